The Morgan fingerprint density at radius 1 is 1.00 bits per heavy atom. The van der Waals surface area contributed by atoms with Crippen molar-refractivity contribution in [1.29, 1.82) is 0 Å². The summed E-state index contributed by atoms with van der Waals surface area (Å²) < 4.78 is 16.3. The molecule has 0 spiro atoms. The maximum atomic E-state index is 12.3. The van der Waals surface area contributed by atoms with E-state index in [1.54, 1.807) is 14.2 Å². The van der Waals surface area contributed by atoms with E-state index < -0.39 is 0 Å². The number of carbonyl (C=O) groups is 1. The fourth-order valence-electron chi connectivity index (χ4n) is 2.79. The van der Waals surface area contributed by atoms with E-state index in [1.165, 1.54) is 0 Å². The Morgan fingerprint density at radius 2 is 1.78 bits per heavy atom. The van der Waals surface area contributed by atoms with Gasteiger partial charge in [-0.15, -0.1) is 0 Å². The average Bonchev–Trinajstić information content (AvgIpc) is 3.16. The zero-order chi connectivity index (χ0) is 19.2. The number of nitrogens with one attached hydrogen (secondary N) is 1. The topological polar surface area (TPSA) is 60.7 Å². The minimum Gasteiger partial charge on any atom is -0.497 e. The van der Waals surface area contributed by atoms with Gasteiger partial charge in [0.1, 0.15) is 23.0 Å². The maximum absolute atomic E-state index is 12.3. The van der Waals surface area contributed by atoms with E-state index in [-0.39, 0.29) is 5.91 Å². The SMILES string of the molecule is COc1ccc(-c2ccc(CCC(=O)Nc3cc(C)ccc3OC)o2)cc1. The van der Waals surface area contributed by atoms with Crippen LogP contribution in [0.1, 0.15) is 17.7 Å². The maximum Gasteiger partial charge on any atom is 0.224 e. The molecule has 0 unspecified atom stereocenters. The van der Waals surface area contributed by atoms with Crippen LogP contribution in [0.15, 0.2) is 59.0 Å². The molecule has 0 aliphatic heterocycles. The van der Waals surface area contributed by atoms with Crippen LogP contribution in [0.2, 0.25) is 0 Å². The van der Waals surface area contributed by atoms with E-state index in [0.717, 1.165) is 28.4 Å². The predicted molar refractivity (Wildman–Crippen MR) is 105 cm³/mol. The summed E-state index contributed by atoms with van der Waals surface area (Å²) in [6.45, 7) is 1.97. The highest BCUT2D eigenvalue weighted by Crippen LogP contribution is 2.27. The van der Waals surface area contributed by atoms with Gasteiger partial charge >= 0.3 is 0 Å². The molecule has 5 heteroatoms. The third kappa shape index (κ3) is 4.70. The van der Waals surface area contributed by atoms with Gasteiger partial charge in [0.05, 0.1) is 19.9 Å². The van der Waals surface area contributed by atoms with Gasteiger partial charge in [-0.05, 0) is 61.0 Å². The average molecular weight is 365 g/mol. The van der Waals surface area contributed by atoms with Gasteiger partial charge in [0.2, 0.25) is 5.91 Å². The second-order valence-corrected chi connectivity index (χ2v) is 6.25. The Balaban J connectivity index is 1.59. The molecular weight excluding hydrogens is 342 g/mol. The molecule has 3 aromatic rings. The molecule has 3 rings (SSSR count). The van der Waals surface area contributed by atoms with Crippen LogP contribution in [0.4, 0.5) is 5.69 Å². The van der Waals surface area contributed by atoms with Crippen molar-refractivity contribution in [3.05, 3.63) is 65.9 Å². The second-order valence-electron chi connectivity index (χ2n) is 6.25. The number of methoxy groups -OCH3 is 2. The fraction of sp³-hybridized carbons (Fsp3) is 0.227. The number of anilines is 1. The van der Waals surface area contributed by atoms with Gasteiger partial charge < -0.3 is 19.2 Å². The molecule has 2 aromatic carbocycles. The number of hydrogen-bond acceptors (Lipinski definition) is 4. The third-order valence-corrected chi connectivity index (χ3v) is 4.26. The largest absolute Gasteiger partial charge is 0.497 e. The van der Waals surface area contributed by atoms with E-state index in [1.807, 2.05) is 61.5 Å². The summed E-state index contributed by atoms with van der Waals surface area (Å²) in [7, 11) is 3.22. The Labute approximate surface area is 158 Å². The summed E-state index contributed by atoms with van der Waals surface area (Å²) in [4.78, 5) is 12.3. The van der Waals surface area contributed by atoms with Crippen molar-refractivity contribution in [3.8, 4) is 22.8 Å². The van der Waals surface area contributed by atoms with Gasteiger partial charge in [-0.2, -0.15) is 0 Å². The van der Waals surface area contributed by atoms with E-state index in [9.17, 15) is 4.79 Å². The Bertz CT molecular complexity index is 912. The van der Waals surface area contributed by atoms with Crippen LogP contribution in [0.3, 0.4) is 0 Å². The van der Waals surface area contributed by atoms with Crippen molar-refractivity contribution >= 4 is 11.6 Å². The summed E-state index contributed by atoms with van der Waals surface area (Å²) in [6.07, 6.45) is 0.850. The zero-order valence-corrected chi connectivity index (χ0v) is 15.7. The molecule has 0 bridgehead atoms. The summed E-state index contributed by atoms with van der Waals surface area (Å²) >= 11 is 0. The lowest BCUT2D eigenvalue weighted by molar-refractivity contribution is -0.116. The highest BCUT2D eigenvalue weighted by molar-refractivity contribution is 5.92. The number of rotatable bonds is 7. The molecule has 0 atom stereocenters. The van der Waals surface area contributed by atoms with E-state index in [0.29, 0.717) is 24.3 Å². The van der Waals surface area contributed by atoms with Crippen molar-refractivity contribution in [2.75, 3.05) is 19.5 Å². The first-order chi connectivity index (χ1) is 13.1. The Hall–Kier alpha value is -3.21. The lowest BCUT2D eigenvalue weighted by atomic mass is 10.1. The number of hydrogen-bond donors (Lipinski definition) is 1. The van der Waals surface area contributed by atoms with Crippen molar-refractivity contribution in [3.63, 3.8) is 0 Å². The number of aryl methyl sites for hydroxylation is 2. The summed E-state index contributed by atoms with van der Waals surface area (Å²) in [5.41, 5.74) is 2.71. The second kappa shape index (κ2) is 8.45. The number of furan rings is 1. The van der Waals surface area contributed by atoms with Crippen LogP contribution in [0, 0.1) is 6.92 Å². The molecule has 0 saturated heterocycles. The molecule has 0 aliphatic rings. The van der Waals surface area contributed by atoms with Gasteiger partial charge in [0, 0.05) is 18.4 Å². The van der Waals surface area contributed by atoms with Crippen LogP contribution in [0.25, 0.3) is 11.3 Å². The number of ether oxygens (including phenoxy) is 2. The molecule has 1 heterocycles. The molecule has 1 amide bonds. The fourth-order valence-corrected chi connectivity index (χ4v) is 2.79. The molecular formula is C22H23NO4. The van der Waals surface area contributed by atoms with E-state index >= 15 is 0 Å². The summed E-state index contributed by atoms with van der Waals surface area (Å²) in [5, 5.41) is 2.90. The first-order valence-electron chi connectivity index (χ1n) is 8.76. The monoisotopic (exact) mass is 365 g/mol. The molecule has 5 nitrogen and oxygen atoms in total. The summed E-state index contributed by atoms with van der Waals surface area (Å²) in [5.74, 6) is 2.91. The van der Waals surface area contributed by atoms with Crippen LogP contribution in [-0.4, -0.2) is 20.1 Å². The normalized spacial score (nSPS) is 10.5. The smallest absolute Gasteiger partial charge is 0.224 e. The highest BCUT2D eigenvalue weighted by atomic mass is 16.5. The van der Waals surface area contributed by atoms with E-state index in [4.69, 9.17) is 13.9 Å². The minimum absolute atomic E-state index is 0.0821. The van der Waals surface area contributed by atoms with Crippen molar-refractivity contribution in [2.24, 2.45) is 0 Å². The third-order valence-electron chi connectivity index (χ3n) is 4.26. The number of carbonyl (C=O) groups excluding carboxylic acids is 1. The Kier molecular flexibility index (Phi) is 5.81. The van der Waals surface area contributed by atoms with Crippen LogP contribution in [0.5, 0.6) is 11.5 Å². The Morgan fingerprint density at radius 3 is 2.48 bits per heavy atom. The standard InChI is InChI=1S/C22H23NO4/c1-15-4-11-21(26-3)19(14-15)23-22(24)13-10-18-9-12-20(27-18)16-5-7-17(25-2)8-6-16/h4-9,11-12,14H,10,13H2,1-3H3,(H,23,24). The van der Waals surface area contributed by atoms with E-state index in [2.05, 4.69) is 5.32 Å². The first kappa shape index (κ1) is 18.6. The molecule has 0 aliphatic carbocycles. The van der Waals surface area contributed by atoms with Gasteiger partial charge in [-0.25, -0.2) is 0 Å². The zero-order valence-electron chi connectivity index (χ0n) is 15.7. The molecule has 0 radical (unpaired) electrons. The quantitative estimate of drug-likeness (QED) is 0.651. The van der Waals surface area contributed by atoms with Gasteiger partial charge in [0.15, 0.2) is 0 Å². The van der Waals surface area contributed by atoms with Gasteiger partial charge in [0.25, 0.3) is 0 Å². The molecule has 0 saturated carbocycles. The number of benzene rings is 2. The minimum atomic E-state index is -0.0821. The van der Waals surface area contributed by atoms with Gasteiger partial charge in [-0.1, -0.05) is 6.07 Å². The molecule has 27 heavy (non-hydrogen) atoms. The van der Waals surface area contributed by atoms with Crippen LogP contribution >= 0.6 is 0 Å². The number of amides is 1. The van der Waals surface area contributed by atoms with Crippen molar-refractivity contribution < 1.29 is 18.7 Å². The predicted octanol–water partition coefficient (Wildman–Crippen LogP) is 4.84. The van der Waals surface area contributed by atoms with Crippen LogP contribution in [-0.2, 0) is 11.2 Å². The molecule has 140 valence electrons. The molecule has 1 N–H and O–H groups in total. The highest BCUT2D eigenvalue weighted by Gasteiger charge is 2.10. The first-order valence-corrected chi connectivity index (χ1v) is 8.76. The van der Waals surface area contributed by atoms with Crippen molar-refractivity contribution in [1.82, 2.24) is 0 Å². The lowest BCUT2D eigenvalue weighted by Crippen LogP contribution is -2.13. The summed E-state index contributed by atoms with van der Waals surface area (Å²) in [6, 6.07) is 17.2. The lowest BCUT2D eigenvalue weighted by Gasteiger charge is -2.10. The molecule has 0 fully saturated rings. The van der Waals surface area contributed by atoms with Gasteiger partial charge in [-0.3, -0.25) is 4.79 Å². The molecule has 1 aromatic heterocycles. The van der Waals surface area contributed by atoms with Crippen molar-refractivity contribution in [2.45, 2.75) is 19.8 Å². The van der Waals surface area contributed by atoms with Crippen LogP contribution < -0.4 is 14.8 Å².